The first-order valence-electron chi connectivity index (χ1n) is 5.84. The molecule has 5 heteroatoms. The van der Waals surface area contributed by atoms with Crippen LogP contribution < -0.4 is 5.32 Å². The molecule has 0 radical (unpaired) electrons. The highest BCUT2D eigenvalue weighted by molar-refractivity contribution is 6.20. The fourth-order valence-corrected chi connectivity index (χ4v) is 2.36. The zero-order valence-electron chi connectivity index (χ0n) is 9.43. The van der Waals surface area contributed by atoms with Crippen LogP contribution in [0.5, 0.6) is 0 Å². The largest absolute Gasteiger partial charge is 0.367 e. The fraction of sp³-hybridized carbons (Fsp3) is 0.583. The Hall–Kier alpha value is -0.900. The Kier molecular flexibility index (Phi) is 4.15. The number of aromatic nitrogens is 1. The van der Waals surface area contributed by atoms with Gasteiger partial charge in [0.1, 0.15) is 5.82 Å². The summed E-state index contributed by atoms with van der Waals surface area (Å²) in [5, 5.41) is 3.21. The molecular formula is C12H15ClF2N2. The normalized spacial score (nSPS) is 24.6. The molecular weight excluding hydrogens is 246 g/mol. The van der Waals surface area contributed by atoms with E-state index in [-0.39, 0.29) is 11.2 Å². The number of hydrogen-bond acceptors (Lipinski definition) is 2. The lowest BCUT2D eigenvalue weighted by Crippen LogP contribution is -2.22. The number of alkyl halides is 1. The molecule has 1 fully saturated rings. The number of rotatable bonds is 3. The summed E-state index contributed by atoms with van der Waals surface area (Å²) >= 11 is 6.01. The van der Waals surface area contributed by atoms with Crippen LogP contribution in [0.25, 0.3) is 0 Å². The minimum absolute atomic E-state index is 0.124. The summed E-state index contributed by atoms with van der Waals surface area (Å²) < 4.78 is 25.9. The first-order chi connectivity index (χ1) is 8.15. The van der Waals surface area contributed by atoms with E-state index in [0.717, 1.165) is 37.9 Å². The number of nitrogens with one attached hydrogen (secondary N) is 1. The number of pyridine rings is 1. The van der Waals surface area contributed by atoms with Crippen LogP contribution in [0.3, 0.4) is 0 Å². The Morgan fingerprint density at radius 1 is 1.29 bits per heavy atom. The van der Waals surface area contributed by atoms with Crippen molar-refractivity contribution in [3.63, 3.8) is 0 Å². The fourth-order valence-electron chi connectivity index (χ4n) is 2.11. The zero-order valence-corrected chi connectivity index (χ0v) is 10.2. The Labute approximate surface area is 104 Å². The molecule has 2 nitrogen and oxygen atoms in total. The average molecular weight is 261 g/mol. The van der Waals surface area contributed by atoms with E-state index < -0.39 is 11.6 Å². The van der Waals surface area contributed by atoms with Crippen molar-refractivity contribution < 1.29 is 8.78 Å². The molecule has 1 aliphatic carbocycles. The van der Waals surface area contributed by atoms with Gasteiger partial charge in [-0.15, -0.1) is 11.6 Å². The summed E-state index contributed by atoms with van der Waals surface area (Å²) in [5.74, 6) is -0.678. The quantitative estimate of drug-likeness (QED) is 0.841. The molecule has 1 aromatic rings. The van der Waals surface area contributed by atoms with Crippen molar-refractivity contribution in [2.24, 2.45) is 5.92 Å². The highest BCUT2D eigenvalue weighted by Gasteiger charge is 2.19. The maximum Gasteiger partial charge on any atom is 0.168 e. The molecule has 1 saturated carbocycles. The van der Waals surface area contributed by atoms with Crippen LogP contribution in [0.15, 0.2) is 12.3 Å². The van der Waals surface area contributed by atoms with Gasteiger partial charge in [-0.25, -0.2) is 13.8 Å². The van der Waals surface area contributed by atoms with Gasteiger partial charge in [0.05, 0.1) is 6.20 Å². The second-order valence-electron chi connectivity index (χ2n) is 4.48. The van der Waals surface area contributed by atoms with Crippen molar-refractivity contribution in [2.45, 2.75) is 31.1 Å². The van der Waals surface area contributed by atoms with Gasteiger partial charge in [-0.1, -0.05) is 0 Å². The molecule has 0 unspecified atom stereocenters. The van der Waals surface area contributed by atoms with Crippen molar-refractivity contribution in [3.8, 4) is 0 Å². The molecule has 1 aliphatic rings. The Bertz CT molecular complexity index is 379. The predicted molar refractivity (Wildman–Crippen MR) is 64.2 cm³/mol. The van der Waals surface area contributed by atoms with Crippen LogP contribution in [0.1, 0.15) is 25.7 Å². The zero-order chi connectivity index (χ0) is 12.3. The van der Waals surface area contributed by atoms with Crippen LogP contribution >= 0.6 is 11.6 Å². The van der Waals surface area contributed by atoms with E-state index in [9.17, 15) is 8.78 Å². The van der Waals surface area contributed by atoms with Crippen molar-refractivity contribution in [1.82, 2.24) is 4.98 Å². The van der Waals surface area contributed by atoms with Crippen LogP contribution in [0, 0.1) is 17.6 Å². The second-order valence-corrected chi connectivity index (χ2v) is 5.10. The van der Waals surface area contributed by atoms with Crippen molar-refractivity contribution in [3.05, 3.63) is 23.9 Å². The lowest BCUT2D eigenvalue weighted by Gasteiger charge is -2.25. The van der Waals surface area contributed by atoms with Gasteiger partial charge in [-0.05, 0) is 31.6 Å². The van der Waals surface area contributed by atoms with E-state index in [0.29, 0.717) is 12.5 Å². The maximum atomic E-state index is 13.3. The van der Waals surface area contributed by atoms with Crippen molar-refractivity contribution in [1.29, 1.82) is 0 Å². The molecule has 0 aliphatic heterocycles. The van der Waals surface area contributed by atoms with Gasteiger partial charge in [0.25, 0.3) is 0 Å². The van der Waals surface area contributed by atoms with Gasteiger partial charge in [-0.3, -0.25) is 0 Å². The topological polar surface area (TPSA) is 24.9 Å². The SMILES string of the molecule is Fc1cnc(NCC2CCC(Cl)CC2)c(F)c1. The molecule has 0 spiro atoms. The van der Waals surface area contributed by atoms with Crippen LogP contribution in [-0.2, 0) is 0 Å². The first kappa shape index (κ1) is 12.6. The van der Waals surface area contributed by atoms with Gasteiger partial charge >= 0.3 is 0 Å². The summed E-state index contributed by atoms with van der Waals surface area (Å²) in [6.07, 6.45) is 5.12. The lowest BCUT2D eigenvalue weighted by molar-refractivity contribution is 0.377. The minimum atomic E-state index is -0.657. The van der Waals surface area contributed by atoms with E-state index in [1.807, 2.05) is 0 Å². The van der Waals surface area contributed by atoms with Gasteiger partial charge < -0.3 is 5.32 Å². The Morgan fingerprint density at radius 2 is 2.00 bits per heavy atom. The smallest absolute Gasteiger partial charge is 0.168 e. The molecule has 0 aromatic carbocycles. The molecule has 1 N–H and O–H groups in total. The van der Waals surface area contributed by atoms with E-state index in [1.54, 1.807) is 0 Å². The van der Waals surface area contributed by atoms with E-state index in [2.05, 4.69) is 10.3 Å². The summed E-state index contributed by atoms with van der Waals surface area (Å²) in [5.41, 5.74) is 0. The van der Waals surface area contributed by atoms with Crippen molar-refractivity contribution >= 4 is 17.4 Å². The van der Waals surface area contributed by atoms with Crippen LogP contribution in [0.4, 0.5) is 14.6 Å². The molecule has 17 heavy (non-hydrogen) atoms. The lowest BCUT2D eigenvalue weighted by atomic mass is 9.89. The number of anilines is 1. The number of hydrogen-bond donors (Lipinski definition) is 1. The molecule has 1 aromatic heterocycles. The Morgan fingerprint density at radius 3 is 2.65 bits per heavy atom. The molecule has 94 valence electrons. The third-order valence-electron chi connectivity index (χ3n) is 3.14. The molecule has 0 bridgehead atoms. The van der Waals surface area contributed by atoms with Gasteiger partial charge in [0, 0.05) is 18.0 Å². The molecule has 0 saturated heterocycles. The Balaban J connectivity index is 1.85. The highest BCUT2D eigenvalue weighted by Crippen LogP contribution is 2.27. The molecule has 0 amide bonds. The van der Waals surface area contributed by atoms with E-state index in [4.69, 9.17) is 11.6 Å². The predicted octanol–water partition coefficient (Wildman–Crippen LogP) is 3.57. The number of halogens is 3. The third kappa shape index (κ3) is 3.53. The maximum absolute atomic E-state index is 13.3. The minimum Gasteiger partial charge on any atom is -0.367 e. The standard InChI is InChI=1S/C12H15ClF2N2/c13-9-3-1-8(2-4-9)6-16-12-11(15)5-10(14)7-17-12/h5,7-9H,1-4,6H2,(H,16,17). The number of nitrogens with zero attached hydrogens (tertiary/aromatic N) is 1. The average Bonchev–Trinajstić information content (AvgIpc) is 2.30. The third-order valence-corrected chi connectivity index (χ3v) is 3.58. The summed E-state index contributed by atoms with van der Waals surface area (Å²) in [6, 6.07) is 0.838. The van der Waals surface area contributed by atoms with Crippen LogP contribution in [0.2, 0.25) is 0 Å². The van der Waals surface area contributed by atoms with Gasteiger partial charge in [0.15, 0.2) is 11.6 Å². The summed E-state index contributed by atoms with van der Waals surface area (Å²) in [6.45, 7) is 0.666. The van der Waals surface area contributed by atoms with Crippen LogP contribution in [-0.4, -0.2) is 16.9 Å². The summed E-state index contributed by atoms with van der Waals surface area (Å²) in [7, 11) is 0. The highest BCUT2D eigenvalue weighted by atomic mass is 35.5. The molecule has 1 heterocycles. The molecule has 2 rings (SSSR count). The van der Waals surface area contributed by atoms with Gasteiger partial charge in [-0.2, -0.15) is 0 Å². The van der Waals surface area contributed by atoms with Gasteiger partial charge in [0.2, 0.25) is 0 Å². The monoisotopic (exact) mass is 260 g/mol. The molecule has 0 atom stereocenters. The van der Waals surface area contributed by atoms with Crippen molar-refractivity contribution in [2.75, 3.05) is 11.9 Å². The van der Waals surface area contributed by atoms with E-state index in [1.165, 1.54) is 0 Å². The second kappa shape index (κ2) is 5.63. The van der Waals surface area contributed by atoms with E-state index >= 15 is 0 Å². The first-order valence-corrected chi connectivity index (χ1v) is 6.28. The summed E-state index contributed by atoms with van der Waals surface area (Å²) in [4.78, 5) is 3.69.